The van der Waals surface area contributed by atoms with E-state index in [2.05, 4.69) is 23.2 Å². The molecule has 1 aromatic heterocycles. The molecular formula is C11H19N3OS. The Labute approximate surface area is 99.4 Å². The largest absolute Gasteiger partial charge is 0.330 e. The predicted molar refractivity (Wildman–Crippen MR) is 65.7 cm³/mol. The molecule has 0 saturated heterocycles. The average Bonchev–Trinajstić information content (AvgIpc) is 2.75. The Kier molecular flexibility index (Phi) is 3.17. The van der Waals surface area contributed by atoms with Crippen LogP contribution in [0.1, 0.15) is 44.9 Å². The highest BCUT2D eigenvalue weighted by Crippen LogP contribution is 2.45. The SMILES string of the molecule is CC1(C)CCC(C(CN)c2nsc(=O)[nH]2)C1. The van der Waals surface area contributed by atoms with E-state index >= 15 is 0 Å². The van der Waals surface area contributed by atoms with Gasteiger partial charge in [-0.1, -0.05) is 13.8 Å². The number of aromatic nitrogens is 2. The van der Waals surface area contributed by atoms with Gasteiger partial charge in [0.1, 0.15) is 5.82 Å². The van der Waals surface area contributed by atoms with E-state index < -0.39 is 0 Å². The first-order valence-corrected chi connectivity index (χ1v) is 6.55. The molecule has 2 rings (SSSR count). The molecule has 3 N–H and O–H groups in total. The van der Waals surface area contributed by atoms with Gasteiger partial charge in [-0.15, -0.1) is 0 Å². The van der Waals surface area contributed by atoms with Crippen molar-refractivity contribution in [1.82, 2.24) is 9.36 Å². The third kappa shape index (κ3) is 2.35. The number of hydrogen-bond donors (Lipinski definition) is 2. The molecule has 0 radical (unpaired) electrons. The van der Waals surface area contributed by atoms with Crippen LogP contribution in [-0.2, 0) is 0 Å². The summed E-state index contributed by atoms with van der Waals surface area (Å²) in [4.78, 5) is 13.8. The third-order valence-electron chi connectivity index (χ3n) is 3.64. The van der Waals surface area contributed by atoms with Gasteiger partial charge in [-0.25, -0.2) is 0 Å². The van der Waals surface area contributed by atoms with Gasteiger partial charge < -0.3 is 5.73 Å². The summed E-state index contributed by atoms with van der Waals surface area (Å²) >= 11 is 0.990. The molecule has 90 valence electrons. The summed E-state index contributed by atoms with van der Waals surface area (Å²) in [5.41, 5.74) is 6.24. The molecule has 2 atom stereocenters. The highest BCUT2D eigenvalue weighted by atomic mass is 32.1. The first-order valence-electron chi connectivity index (χ1n) is 5.78. The van der Waals surface area contributed by atoms with Gasteiger partial charge in [-0.05, 0) is 30.6 Å². The summed E-state index contributed by atoms with van der Waals surface area (Å²) in [7, 11) is 0. The molecule has 2 unspecified atom stereocenters. The summed E-state index contributed by atoms with van der Waals surface area (Å²) in [6, 6.07) is 0. The summed E-state index contributed by atoms with van der Waals surface area (Å²) in [5.74, 6) is 1.58. The Balaban J connectivity index is 2.15. The Morgan fingerprint density at radius 3 is 2.88 bits per heavy atom. The van der Waals surface area contributed by atoms with Gasteiger partial charge in [0, 0.05) is 24.0 Å². The van der Waals surface area contributed by atoms with Gasteiger partial charge in [0.05, 0.1) is 0 Å². The number of nitrogens with two attached hydrogens (primary N) is 1. The molecule has 0 spiro atoms. The number of nitrogens with zero attached hydrogens (tertiary/aromatic N) is 1. The summed E-state index contributed by atoms with van der Waals surface area (Å²) in [5, 5.41) is 0. The normalized spacial score (nSPS) is 25.8. The minimum Gasteiger partial charge on any atom is -0.330 e. The van der Waals surface area contributed by atoms with E-state index in [1.54, 1.807) is 0 Å². The fraction of sp³-hybridized carbons (Fsp3) is 0.818. The predicted octanol–water partition coefficient (Wildman–Crippen LogP) is 1.70. The second-order valence-corrected chi connectivity index (χ2v) is 6.23. The zero-order chi connectivity index (χ0) is 11.8. The van der Waals surface area contributed by atoms with E-state index in [4.69, 9.17) is 5.73 Å². The van der Waals surface area contributed by atoms with Crippen molar-refractivity contribution in [1.29, 1.82) is 0 Å². The van der Waals surface area contributed by atoms with Crippen molar-refractivity contribution in [2.75, 3.05) is 6.54 Å². The summed E-state index contributed by atoms with van der Waals surface area (Å²) < 4.78 is 4.17. The molecule has 0 bridgehead atoms. The fourth-order valence-corrected chi connectivity index (χ4v) is 3.27. The molecule has 4 nitrogen and oxygen atoms in total. The molecular weight excluding hydrogens is 222 g/mol. The minimum absolute atomic E-state index is 0.0780. The second kappa shape index (κ2) is 4.30. The maximum Gasteiger partial charge on any atom is 0.323 e. The topological polar surface area (TPSA) is 71.8 Å². The molecule has 0 aliphatic heterocycles. The number of hydrogen-bond acceptors (Lipinski definition) is 4. The van der Waals surface area contributed by atoms with Crippen LogP contribution in [0.5, 0.6) is 0 Å². The van der Waals surface area contributed by atoms with Crippen LogP contribution in [0.3, 0.4) is 0 Å². The smallest absolute Gasteiger partial charge is 0.323 e. The van der Waals surface area contributed by atoms with Gasteiger partial charge in [-0.2, -0.15) is 4.37 Å². The first kappa shape index (κ1) is 11.8. The van der Waals surface area contributed by atoms with E-state index in [1.807, 2.05) is 0 Å². The van der Waals surface area contributed by atoms with Crippen LogP contribution >= 0.6 is 11.5 Å². The van der Waals surface area contributed by atoms with Crippen LogP contribution in [0, 0.1) is 11.3 Å². The van der Waals surface area contributed by atoms with Crippen LogP contribution in [0.15, 0.2) is 4.79 Å². The molecule has 1 aliphatic carbocycles. The first-order chi connectivity index (χ1) is 7.52. The summed E-state index contributed by atoms with van der Waals surface area (Å²) in [6.45, 7) is 5.16. The van der Waals surface area contributed by atoms with Crippen molar-refractivity contribution in [2.24, 2.45) is 17.1 Å². The molecule has 5 heteroatoms. The lowest BCUT2D eigenvalue weighted by molar-refractivity contribution is 0.336. The van der Waals surface area contributed by atoms with Crippen molar-refractivity contribution in [3.63, 3.8) is 0 Å². The van der Waals surface area contributed by atoms with Crippen molar-refractivity contribution >= 4 is 11.5 Å². The van der Waals surface area contributed by atoms with Crippen LogP contribution in [0.2, 0.25) is 0 Å². The van der Waals surface area contributed by atoms with Crippen LogP contribution in [-0.4, -0.2) is 15.9 Å². The van der Waals surface area contributed by atoms with E-state index in [0.717, 1.165) is 17.4 Å². The third-order valence-corrected chi connectivity index (χ3v) is 4.19. The van der Waals surface area contributed by atoms with Gasteiger partial charge in [0.15, 0.2) is 0 Å². The number of nitrogens with one attached hydrogen (secondary N) is 1. The lowest BCUT2D eigenvalue weighted by Gasteiger charge is -2.22. The maximum absolute atomic E-state index is 11.1. The van der Waals surface area contributed by atoms with Crippen LogP contribution in [0.25, 0.3) is 0 Å². The Hall–Kier alpha value is -0.680. The standard InChI is InChI=1S/C11H19N3OS/c1-11(2)4-3-7(5-11)8(6-12)9-13-10(15)16-14-9/h7-8H,3-6,12H2,1-2H3,(H,13,14,15). The van der Waals surface area contributed by atoms with Gasteiger partial charge >= 0.3 is 4.87 Å². The quantitative estimate of drug-likeness (QED) is 0.846. The highest BCUT2D eigenvalue weighted by Gasteiger charge is 2.36. The molecule has 1 heterocycles. The Morgan fingerprint density at radius 1 is 1.69 bits per heavy atom. The van der Waals surface area contributed by atoms with E-state index in [1.165, 1.54) is 19.3 Å². The van der Waals surface area contributed by atoms with Crippen molar-refractivity contribution in [2.45, 2.75) is 39.0 Å². The fourth-order valence-electron chi connectivity index (χ4n) is 2.76. The molecule has 1 aliphatic rings. The van der Waals surface area contributed by atoms with Gasteiger partial charge in [0.2, 0.25) is 0 Å². The van der Waals surface area contributed by atoms with Crippen molar-refractivity contribution in [3.05, 3.63) is 15.5 Å². The minimum atomic E-state index is -0.0780. The molecule has 0 aromatic carbocycles. The van der Waals surface area contributed by atoms with E-state index in [-0.39, 0.29) is 10.8 Å². The second-order valence-electron chi connectivity index (χ2n) is 5.49. The average molecular weight is 241 g/mol. The van der Waals surface area contributed by atoms with Crippen LogP contribution in [0.4, 0.5) is 0 Å². The van der Waals surface area contributed by atoms with E-state index in [9.17, 15) is 4.79 Å². The van der Waals surface area contributed by atoms with E-state index in [0.29, 0.717) is 17.9 Å². The summed E-state index contributed by atoms with van der Waals surface area (Å²) in [6.07, 6.45) is 3.60. The molecule has 1 aromatic rings. The number of rotatable bonds is 3. The molecule has 16 heavy (non-hydrogen) atoms. The van der Waals surface area contributed by atoms with Crippen molar-refractivity contribution < 1.29 is 0 Å². The maximum atomic E-state index is 11.1. The van der Waals surface area contributed by atoms with Crippen molar-refractivity contribution in [3.8, 4) is 0 Å². The zero-order valence-electron chi connectivity index (χ0n) is 9.82. The number of aromatic amines is 1. The lowest BCUT2D eigenvalue weighted by Crippen LogP contribution is -2.22. The van der Waals surface area contributed by atoms with Crippen LogP contribution < -0.4 is 10.6 Å². The molecule has 0 amide bonds. The molecule has 1 saturated carbocycles. The zero-order valence-corrected chi connectivity index (χ0v) is 10.6. The Morgan fingerprint density at radius 2 is 2.44 bits per heavy atom. The van der Waals surface area contributed by atoms with Gasteiger partial charge in [-0.3, -0.25) is 9.78 Å². The van der Waals surface area contributed by atoms with Gasteiger partial charge in [0.25, 0.3) is 0 Å². The Bertz CT molecular complexity index is 409. The number of H-pyrrole nitrogens is 1. The lowest BCUT2D eigenvalue weighted by atomic mass is 9.85. The monoisotopic (exact) mass is 241 g/mol. The molecule has 1 fully saturated rings. The highest BCUT2D eigenvalue weighted by molar-refractivity contribution is 7.02.